The number of hydrogen-bond donors (Lipinski definition) is 0. The minimum atomic E-state index is -0.788. The number of unbranched alkanes of at least 4 members (excludes halogenated alkanes) is 29. The van der Waals surface area contributed by atoms with Crippen LogP contribution < -0.4 is 0 Å². The van der Waals surface area contributed by atoms with E-state index < -0.39 is 6.10 Å². The topological polar surface area (TPSA) is 78.9 Å². The molecule has 0 radical (unpaired) electrons. The molecule has 6 nitrogen and oxygen atoms in total. The Hall–Kier alpha value is -2.89. The van der Waals surface area contributed by atoms with E-state index in [4.69, 9.17) is 14.2 Å². The Morgan fingerprint density at radius 1 is 0.308 bits per heavy atom. The molecule has 376 valence electrons. The van der Waals surface area contributed by atoms with Crippen molar-refractivity contribution in [3.05, 3.63) is 60.8 Å². The maximum atomic E-state index is 12.8. The molecular weight excluding hydrogens is 805 g/mol. The number of hydrogen-bond acceptors (Lipinski definition) is 6. The second kappa shape index (κ2) is 53.7. The van der Waals surface area contributed by atoms with Crippen LogP contribution in [0.25, 0.3) is 0 Å². The van der Waals surface area contributed by atoms with Crippen molar-refractivity contribution < 1.29 is 28.6 Å². The number of ether oxygens (including phenoxy) is 3. The first-order valence-electron chi connectivity index (χ1n) is 27.8. The highest BCUT2D eigenvalue weighted by Crippen LogP contribution is 2.14. The van der Waals surface area contributed by atoms with Crippen LogP contribution >= 0.6 is 0 Å². The molecular formula is C59H104O6. The summed E-state index contributed by atoms with van der Waals surface area (Å²) in [5.74, 6) is -0.914. The van der Waals surface area contributed by atoms with Crippen LogP contribution in [-0.2, 0) is 28.6 Å². The third-order valence-corrected chi connectivity index (χ3v) is 12.0. The predicted octanol–water partition coefficient (Wildman–Crippen LogP) is 18.4. The van der Waals surface area contributed by atoms with Gasteiger partial charge in [0.1, 0.15) is 13.2 Å². The lowest BCUT2D eigenvalue weighted by Gasteiger charge is -2.18. The molecule has 0 aliphatic rings. The summed E-state index contributed by atoms with van der Waals surface area (Å²) in [6.07, 6.45) is 66.3. The fourth-order valence-electron chi connectivity index (χ4n) is 7.73. The first-order chi connectivity index (χ1) is 32.0. The Kier molecular flexibility index (Phi) is 51.3. The Morgan fingerprint density at radius 2 is 0.554 bits per heavy atom. The Morgan fingerprint density at radius 3 is 0.923 bits per heavy atom. The van der Waals surface area contributed by atoms with Crippen molar-refractivity contribution in [3.63, 3.8) is 0 Å². The van der Waals surface area contributed by atoms with Crippen molar-refractivity contribution >= 4 is 17.9 Å². The molecule has 0 spiro atoms. The van der Waals surface area contributed by atoms with Crippen LogP contribution in [0.2, 0.25) is 0 Å². The Bertz CT molecular complexity index is 1180. The molecule has 0 saturated carbocycles. The van der Waals surface area contributed by atoms with Gasteiger partial charge in [0, 0.05) is 19.3 Å². The van der Waals surface area contributed by atoms with Gasteiger partial charge in [-0.05, 0) is 109 Å². The van der Waals surface area contributed by atoms with Gasteiger partial charge in [0.25, 0.3) is 0 Å². The highest BCUT2D eigenvalue weighted by atomic mass is 16.6. The maximum Gasteiger partial charge on any atom is 0.306 e. The van der Waals surface area contributed by atoms with Gasteiger partial charge < -0.3 is 14.2 Å². The summed E-state index contributed by atoms with van der Waals surface area (Å²) < 4.78 is 16.8. The minimum absolute atomic E-state index is 0.0870. The Balaban J connectivity index is 4.42. The molecule has 0 aromatic heterocycles. The van der Waals surface area contributed by atoms with Gasteiger partial charge in [-0.15, -0.1) is 0 Å². The summed E-state index contributed by atoms with van der Waals surface area (Å²) in [5.41, 5.74) is 0. The van der Waals surface area contributed by atoms with Crippen LogP contribution in [-0.4, -0.2) is 37.2 Å². The van der Waals surface area contributed by atoms with E-state index in [0.717, 1.165) is 89.9 Å². The number of esters is 3. The predicted molar refractivity (Wildman–Crippen MR) is 279 cm³/mol. The summed E-state index contributed by atoms with van der Waals surface area (Å²) in [6, 6.07) is 0. The van der Waals surface area contributed by atoms with Gasteiger partial charge in [-0.25, -0.2) is 0 Å². The van der Waals surface area contributed by atoms with Crippen LogP contribution in [0.3, 0.4) is 0 Å². The van der Waals surface area contributed by atoms with E-state index in [2.05, 4.69) is 81.5 Å². The molecule has 0 aromatic carbocycles. The standard InChI is InChI=1S/C59H104O6/c1-4-7-10-13-16-19-22-25-27-29-31-34-37-40-43-46-49-52-58(61)64-55-56(54-63-57(60)51-48-45-42-39-36-33-24-21-18-15-12-9-6-3)65-59(62)53-50-47-44-41-38-35-32-30-28-26-23-20-17-14-11-8-5-2/h16,19,21,24-28,31,34,56H,4-15,17-18,20,22-23,29-30,32-33,35-55H2,1-3H3/b19-16+,24-21+,27-25+,28-26+,34-31+/t56-/m1/s1. The third-order valence-electron chi connectivity index (χ3n) is 12.0. The van der Waals surface area contributed by atoms with E-state index in [-0.39, 0.29) is 31.1 Å². The van der Waals surface area contributed by atoms with E-state index >= 15 is 0 Å². The highest BCUT2D eigenvalue weighted by molar-refractivity contribution is 5.71. The monoisotopic (exact) mass is 909 g/mol. The summed E-state index contributed by atoms with van der Waals surface area (Å²) in [4.78, 5) is 38.1. The van der Waals surface area contributed by atoms with Crippen molar-refractivity contribution in [2.75, 3.05) is 13.2 Å². The first kappa shape index (κ1) is 62.1. The first-order valence-corrected chi connectivity index (χ1v) is 27.8. The van der Waals surface area contributed by atoms with E-state index in [1.165, 1.54) is 148 Å². The molecule has 0 N–H and O–H groups in total. The van der Waals surface area contributed by atoms with Gasteiger partial charge in [0.05, 0.1) is 0 Å². The maximum absolute atomic E-state index is 12.8. The van der Waals surface area contributed by atoms with E-state index in [0.29, 0.717) is 19.3 Å². The fourth-order valence-corrected chi connectivity index (χ4v) is 7.73. The molecule has 6 heteroatoms. The number of allylic oxidation sites excluding steroid dienone is 10. The van der Waals surface area contributed by atoms with Crippen molar-refractivity contribution in [3.8, 4) is 0 Å². The average Bonchev–Trinajstić information content (AvgIpc) is 3.30. The number of carbonyl (C=O) groups excluding carboxylic acids is 3. The van der Waals surface area contributed by atoms with E-state index in [1.54, 1.807) is 0 Å². The zero-order valence-electron chi connectivity index (χ0n) is 43.0. The largest absolute Gasteiger partial charge is 0.462 e. The molecule has 0 rings (SSSR count). The zero-order chi connectivity index (χ0) is 47.2. The minimum Gasteiger partial charge on any atom is -0.462 e. The SMILES string of the molecule is CCCCC/C=C/C/C=C/C/C=C/CCCCCCC(=O)OC[C@@H](COC(=O)CCCCCCC/C=C/CCCCCC)OC(=O)CCCCCCCCC/C=C/CCCCCCCC. The summed E-state index contributed by atoms with van der Waals surface area (Å²) >= 11 is 0. The van der Waals surface area contributed by atoms with Crippen molar-refractivity contribution in [1.29, 1.82) is 0 Å². The molecule has 0 aliphatic heterocycles. The zero-order valence-corrected chi connectivity index (χ0v) is 43.0. The van der Waals surface area contributed by atoms with Gasteiger partial charge in [-0.1, -0.05) is 210 Å². The smallest absolute Gasteiger partial charge is 0.306 e. The van der Waals surface area contributed by atoms with Gasteiger partial charge in [0.2, 0.25) is 0 Å². The number of carbonyl (C=O) groups is 3. The lowest BCUT2D eigenvalue weighted by atomic mass is 10.1. The molecule has 65 heavy (non-hydrogen) atoms. The molecule has 0 fully saturated rings. The molecule has 0 aliphatic carbocycles. The molecule has 0 heterocycles. The molecule has 0 saturated heterocycles. The molecule has 0 unspecified atom stereocenters. The second-order valence-electron chi connectivity index (χ2n) is 18.5. The molecule has 0 aromatic rings. The van der Waals surface area contributed by atoms with Crippen molar-refractivity contribution in [2.24, 2.45) is 0 Å². The molecule has 1 atom stereocenters. The van der Waals surface area contributed by atoms with Crippen LogP contribution in [0.15, 0.2) is 60.8 Å². The lowest BCUT2D eigenvalue weighted by molar-refractivity contribution is -0.167. The fraction of sp³-hybridized carbons (Fsp3) is 0.780. The van der Waals surface area contributed by atoms with Gasteiger partial charge in [-0.2, -0.15) is 0 Å². The van der Waals surface area contributed by atoms with Gasteiger partial charge >= 0.3 is 17.9 Å². The average molecular weight is 909 g/mol. The lowest BCUT2D eigenvalue weighted by Crippen LogP contribution is -2.30. The third kappa shape index (κ3) is 51.9. The quantitative estimate of drug-likeness (QED) is 0.0262. The van der Waals surface area contributed by atoms with E-state index in [1.807, 2.05) is 0 Å². The number of rotatable bonds is 50. The van der Waals surface area contributed by atoms with Crippen LogP contribution in [0.1, 0.15) is 278 Å². The van der Waals surface area contributed by atoms with E-state index in [9.17, 15) is 14.4 Å². The van der Waals surface area contributed by atoms with Crippen molar-refractivity contribution in [2.45, 2.75) is 284 Å². The Labute approximate surface area is 402 Å². The molecule has 0 amide bonds. The van der Waals surface area contributed by atoms with Gasteiger partial charge in [-0.3, -0.25) is 14.4 Å². The second-order valence-corrected chi connectivity index (χ2v) is 18.5. The summed E-state index contributed by atoms with van der Waals surface area (Å²) in [7, 11) is 0. The normalized spacial score (nSPS) is 12.5. The summed E-state index contributed by atoms with van der Waals surface area (Å²) in [5, 5.41) is 0. The van der Waals surface area contributed by atoms with Crippen LogP contribution in [0, 0.1) is 0 Å². The molecule has 0 bridgehead atoms. The van der Waals surface area contributed by atoms with Gasteiger partial charge in [0.15, 0.2) is 6.10 Å². The van der Waals surface area contributed by atoms with Crippen LogP contribution in [0.4, 0.5) is 0 Å². The highest BCUT2D eigenvalue weighted by Gasteiger charge is 2.19. The van der Waals surface area contributed by atoms with Crippen molar-refractivity contribution in [1.82, 2.24) is 0 Å². The van der Waals surface area contributed by atoms with Crippen LogP contribution in [0.5, 0.6) is 0 Å². The summed E-state index contributed by atoms with van der Waals surface area (Å²) in [6.45, 7) is 6.58.